The van der Waals surface area contributed by atoms with Crippen LogP contribution in [-0.2, 0) is 9.53 Å². The molecule has 1 saturated heterocycles. The van der Waals surface area contributed by atoms with Crippen molar-refractivity contribution in [2.45, 2.75) is 32.4 Å². The van der Waals surface area contributed by atoms with Gasteiger partial charge in [-0.2, -0.15) is 13.2 Å². The molecule has 1 rings (SSSR count). The van der Waals surface area contributed by atoms with E-state index in [0.29, 0.717) is 6.42 Å². The van der Waals surface area contributed by atoms with Crippen LogP contribution in [0.1, 0.15) is 26.2 Å². The second-order valence-electron chi connectivity index (χ2n) is 5.02. The summed E-state index contributed by atoms with van der Waals surface area (Å²) in [6, 6.07) is 0. The molecule has 0 aliphatic carbocycles. The van der Waals surface area contributed by atoms with Gasteiger partial charge in [0.05, 0.1) is 12.0 Å². The van der Waals surface area contributed by atoms with Crippen molar-refractivity contribution >= 4 is 5.97 Å². The van der Waals surface area contributed by atoms with Gasteiger partial charge in [-0.3, -0.25) is 9.69 Å². The number of hydrogen-bond acceptors (Lipinski definition) is 3. The molecule has 0 spiro atoms. The number of alkyl halides is 3. The van der Waals surface area contributed by atoms with E-state index < -0.39 is 24.1 Å². The Bertz CT molecular complexity index is 301. The van der Waals surface area contributed by atoms with Crippen LogP contribution in [0.2, 0.25) is 0 Å². The molecule has 1 aliphatic heterocycles. The van der Waals surface area contributed by atoms with Crippen LogP contribution in [-0.4, -0.2) is 55.0 Å². The third kappa shape index (κ3) is 4.99. The topological polar surface area (TPSA) is 49.8 Å². The molecule has 7 heteroatoms. The molecular weight excluding hydrogens is 263 g/mol. The minimum Gasteiger partial charge on any atom is -0.481 e. The molecule has 0 radical (unpaired) electrons. The lowest BCUT2D eigenvalue weighted by atomic mass is 9.79. The van der Waals surface area contributed by atoms with Gasteiger partial charge in [-0.1, -0.05) is 6.92 Å². The molecule has 0 unspecified atom stereocenters. The van der Waals surface area contributed by atoms with Crippen molar-refractivity contribution in [3.05, 3.63) is 0 Å². The average Bonchev–Trinajstić information content (AvgIpc) is 2.28. The molecule has 4 nitrogen and oxygen atoms in total. The van der Waals surface area contributed by atoms with Gasteiger partial charge in [-0.05, 0) is 25.8 Å². The van der Waals surface area contributed by atoms with Gasteiger partial charge in [0, 0.05) is 19.8 Å². The number of aliphatic carboxylic acids is 1. The summed E-state index contributed by atoms with van der Waals surface area (Å²) >= 11 is 0. The van der Waals surface area contributed by atoms with E-state index in [-0.39, 0.29) is 39.1 Å². The smallest absolute Gasteiger partial charge is 0.401 e. The molecule has 1 N–H and O–H groups in total. The lowest BCUT2D eigenvalue weighted by molar-refractivity contribution is -0.166. The van der Waals surface area contributed by atoms with Crippen LogP contribution in [0.5, 0.6) is 0 Å². The Morgan fingerprint density at radius 2 is 1.95 bits per heavy atom. The fraction of sp³-hybridized carbons (Fsp3) is 0.917. The summed E-state index contributed by atoms with van der Waals surface area (Å²) in [7, 11) is 0. The van der Waals surface area contributed by atoms with E-state index in [2.05, 4.69) is 0 Å². The zero-order valence-electron chi connectivity index (χ0n) is 11.0. The van der Waals surface area contributed by atoms with Crippen LogP contribution in [0.3, 0.4) is 0 Å². The SMILES string of the molecule is CCCN(CC(F)(F)F)CC1(C(=O)O)CCOCC1. The molecule has 1 fully saturated rings. The van der Waals surface area contributed by atoms with Gasteiger partial charge in [0.25, 0.3) is 0 Å². The minimum atomic E-state index is -4.31. The van der Waals surface area contributed by atoms with Crippen LogP contribution in [0, 0.1) is 5.41 Å². The van der Waals surface area contributed by atoms with E-state index >= 15 is 0 Å². The van der Waals surface area contributed by atoms with Crippen LogP contribution in [0.4, 0.5) is 13.2 Å². The number of hydrogen-bond donors (Lipinski definition) is 1. The monoisotopic (exact) mass is 283 g/mol. The van der Waals surface area contributed by atoms with Crippen LogP contribution < -0.4 is 0 Å². The summed E-state index contributed by atoms with van der Waals surface area (Å²) in [6.45, 7) is 1.47. The van der Waals surface area contributed by atoms with E-state index in [9.17, 15) is 23.1 Å². The zero-order valence-corrected chi connectivity index (χ0v) is 11.0. The maximum atomic E-state index is 12.5. The van der Waals surface area contributed by atoms with Gasteiger partial charge in [0.15, 0.2) is 0 Å². The summed E-state index contributed by atoms with van der Waals surface area (Å²) < 4.78 is 42.6. The van der Waals surface area contributed by atoms with Crippen LogP contribution in [0.15, 0.2) is 0 Å². The van der Waals surface area contributed by atoms with Crippen molar-refractivity contribution in [3.63, 3.8) is 0 Å². The van der Waals surface area contributed by atoms with Gasteiger partial charge in [0.2, 0.25) is 0 Å². The van der Waals surface area contributed by atoms with E-state index in [1.54, 1.807) is 6.92 Å². The van der Waals surface area contributed by atoms with Gasteiger partial charge in [0.1, 0.15) is 0 Å². The van der Waals surface area contributed by atoms with Crippen molar-refractivity contribution < 1.29 is 27.8 Å². The summed E-state index contributed by atoms with van der Waals surface area (Å²) in [5, 5.41) is 9.34. The molecule has 0 aromatic rings. The minimum absolute atomic E-state index is 0.0704. The maximum absolute atomic E-state index is 12.5. The zero-order chi connectivity index (χ0) is 14.5. The van der Waals surface area contributed by atoms with Crippen molar-refractivity contribution in [2.75, 3.05) is 32.8 Å². The van der Waals surface area contributed by atoms with Crippen molar-refractivity contribution in [2.24, 2.45) is 5.41 Å². The molecular formula is C12H20F3NO3. The Balaban J connectivity index is 2.75. The number of ether oxygens (including phenoxy) is 1. The Labute approximate surface area is 110 Å². The first-order valence-electron chi connectivity index (χ1n) is 6.39. The largest absolute Gasteiger partial charge is 0.481 e. The highest BCUT2D eigenvalue weighted by molar-refractivity contribution is 5.75. The van der Waals surface area contributed by atoms with Gasteiger partial charge in [-0.25, -0.2) is 0 Å². The molecule has 1 heterocycles. The Kier molecular flexibility index (Phi) is 5.61. The summed E-state index contributed by atoms with van der Waals surface area (Å²) in [6.07, 6.45) is -3.22. The summed E-state index contributed by atoms with van der Waals surface area (Å²) in [5.74, 6) is -1.03. The molecule has 0 bridgehead atoms. The number of nitrogens with zero attached hydrogens (tertiary/aromatic N) is 1. The lowest BCUT2D eigenvalue weighted by Crippen LogP contribution is -2.49. The molecule has 0 aromatic heterocycles. The van der Waals surface area contributed by atoms with Gasteiger partial charge >= 0.3 is 12.1 Å². The van der Waals surface area contributed by atoms with Crippen LogP contribution in [0.25, 0.3) is 0 Å². The number of halogens is 3. The van der Waals surface area contributed by atoms with E-state index in [1.807, 2.05) is 0 Å². The standard InChI is InChI=1S/C12H20F3NO3/c1-2-5-16(9-12(13,14)15)8-11(10(17)18)3-6-19-7-4-11/h2-9H2,1H3,(H,17,18). The van der Waals surface area contributed by atoms with Gasteiger partial charge < -0.3 is 9.84 Å². The Hall–Kier alpha value is -0.820. The third-order valence-corrected chi connectivity index (χ3v) is 3.37. The molecule has 112 valence electrons. The highest BCUT2D eigenvalue weighted by Gasteiger charge is 2.43. The van der Waals surface area contributed by atoms with Crippen LogP contribution >= 0.6 is 0 Å². The number of carboxylic acids is 1. The normalized spacial score (nSPS) is 19.6. The van der Waals surface area contributed by atoms with Gasteiger partial charge in [-0.15, -0.1) is 0 Å². The number of carbonyl (C=O) groups is 1. The predicted octanol–water partition coefficient (Wildman–Crippen LogP) is 2.14. The molecule has 0 aromatic carbocycles. The molecule has 0 saturated carbocycles. The fourth-order valence-corrected chi connectivity index (χ4v) is 2.41. The van der Waals surface area contributed by atoms with Crippen molar-refractivity contribution in [1.29, 1.82) is 0 Å². The summed E-state index contributed by atoms with van der Waals surface area (Å²) in [4.78, 5) is 12.6. The highest BCUT2D eigenvalue weighted by atomic mass is 19.4. The van der Waals surface area contributed by atoms with E-state index in [1.165, 1.54) is 4.90 Å². The quantitative estimate of drug-likeness (QED) is 0.811. The van der Waals surface area contributed by atoms with E-state index in [0.717, 1.165) is 0 Å². The third-order valence-electron chi connectivity index (χ3n) is 3.37. The van der Waals surface area contributed by atoms with Crippen molar-refractivity contribution in [3.8, 4) is 0 Å². The molecule has 19 heavy (non-hydrogen) atoms. The molecule has 0 amide bonds. The van der Waals surface area contributed by atoms with E-state index in [4.69, 9.17) is 4.74 Å². The maximum Gasteiger partial charge on any atom is 0.401 e. The van der Waals surface area contributed by atoms with Crippen molar-refractivity contribution in [1.82, 2.24) is 4.90 Å². The number of carboxylic acid groups (broad SMARTS) is 1. The first-order valence-corrected chi connectivity index (χ1v) is 6.39. The first-order chi connectivity index (χ1) is 8.79. The highest BCUT2D eigenvalue weighted by Crippen LogP contribution is 2.33. The average molecular weight is 283 g/mol. The lowest BCUT2D eigenvalue weighted by Gasteiger charge is -2.37. The fourth-order valence-electron chi connectivity index (χ4n) is 2.41. The second-order valence-corrected chi connectivity index (χ2v) is 5.02. The first kappa shape index (κ1) is 16.2. The Morgan fingerprint density at radius 1 is 1.37 bits per heavy atom. The number of rotatable bonds is 6. The summed E-state index contributed by atoms with van der Waals surface area (Å²) in [5.41, 5.74) is -1.11. The Morgan fingerprint density at radius 3 is 2.37 bits per heavy atom. The second kappa shape index (κ2) is 6.56. The predicted molar refractivity (Wildman–Crippen MR) is 62.9 cm³/mol. The molecule has 0 atom stereocenters. The molecule has 1 aliphatic rings.